The molecular weight excluding hydrogens is 382 g/mol. The van der Waals surface area contributed by atoms with E-state index in [1.165, 1.54) is 15.8 Å². The number of hydrogen-bond donors (Lipinski definition) is 0. The summed E-state index contributed by atoms with van der Waals surface area (Å²) in [6, 6.07) is 14.9. The molecule has 0 saturated heterocycles. The Kier molecular flexibility index (Phi) is 4.71. The van der Waals surface area contributed by atoms with Crippen LogP contribution in [0.1, 0.15) is 21.5 Å². The van der Waals surface area contributed by atoms with Gasteiger partial charge in [-0.05, 0) is 35.7 Å². The van der Waals surface area contributed by atoms with Crippen LogP contribution in [0.15, 0.2) is 59.5 Å². The number of hydrogen-bond acceptors (Lipinski definition) is 6. The van der Waals surface area contributed by atoms with E-state index in [0.717, 1.165) is 25.2 Å². The summed E-state index contributed by atoms with van der Waals surface area (Å²) in [4.78, 5) is 27.4. The average molecular weight is 403 g/mol. The van der Waals surface area contributed by atoms with E-state index in [-0.39, 0.29) is 17.9 Å². The molecule has 7 nitrogen and oxygen atoms in total. The van der Waals surface area contributed by atoms with Gasteiger partial charge in [0.2, 0.25) is 0 Å². The van der Waals surface area contributed by atoms with E-state index in [1.807, 2.05) is 6.07 Å². The largest absolute Gasteiger partial charge is 0.486 e. The number of Topliss-reactive ketones (excluding diaryl/α,β-unsaturated/α-hetero) is 1. The molecule has 3 aromatic rings. The Balaban J connectivity index is 1.32. The van der Waals surface area contributed by atoms with Crippen molar-refractivity contribution in [3.8, 4) is 11.5 Å². The SMILES string of the molecule is O=C(Cn1ncc(N2CCc3ccccc3C2)cc1=O)c1ccc2c(c1)OCCO2. The van der Waals surface area contributed by atoms with Crippen LogP contribution in [0.4, 0.5) is 5.69 Å². The van der Waals surface area contributed by atoms with Crippen molar-refractivity contribution < 1.29 is 14.3 Å². The zero-order valence-corrected chi connectivity index (χ0v) is 16.4. The molecule has 0 bridgehead atoms. The van der Waals surface area contributed by atoms with Gasteiger partial charge in [-0.25, -0.2) is 4.68 Å². The first-order valence-corrected chi connectivity index (χ1v) is 9.99. The lowest BCUT2D eigenvalue weighted by molar-refractivity contribution is 0.0964. The quantitative estimate of drug-likeness (QED) is 0.623. The summed E-state index contributed by atoms with van der Waals surface area (Å²) >= 11 is 0. The Hall–Kier alpha value is -3.61. The van der Waals surface area contributed by atoms with Gasteiger partial charge in [-0.15, -0.1) is 0 Å². The van der Waals surface area contributed by atoms with Crippen molar-refractivity contribution in [3.05, 3.63) is 81.8 Å². The van der Waals surface area contributed by atoms with Crippen LogP contribution in [0, 0.1) is 0 Å². The predicted molar refractivity (Wildman–Crippen MR) is 111 cm³/mol. The molecule has 1 aromatic heterocycles. The van der Waals surface area contributed by atoms with Crippen LogP contribution >= 0.6 is 0 Å². The van der Waals surface area contributed by atoms with E-state index in [0.29, 0.717) is 30.3 Å². The van der Waals surface area contributed by atoms with Crippen LogP contribution in [0.2, 0.25) is 0 Å². The van der Waals surface area contributed by atoms with E-state index in [9.17, 15) is 9.59 Å². The molecule has 0 N–H and O–H groups in total. The number of ether oxygens (including phenoxy) is 2. The molecule has 0 radical (unpaired) electrons. The summed E-state index contributed by atoms with van der Waals surface area (Å²) in [7, 11) is 0. The van der Waals surface area contributed by atoms with E-state index in [2.05, 4.69) is 28.2 Å². The summed E-state index contributed by atoms with van der Waals surface area (Å²) < 4.78 is 12.2. The van der Waals surface area contributed by atoms with Crippen LogP contribution in [-0.4, -0.2) is 35.3 Å². The highest BCUT2D eigenvalue weighted by Crippen LogP contribution is 2.31. The maximum absolute atomic E-state index is 12.7. The molecule has 0 unspecified atom stereocenters. The summed E-state index contributed by atoms with van der Waals surface area (Å²) in [5.41, 5.74) is 3.56. The molecule has 7 heteroatoms. The van der Waals surface area contributed by atoms with E-state index >= 15 is 0 Å². The Morgan fingerprint density at radius 2 is 1.80 bits per heavy atom. The van der Waals surface area contributed by atoms with Crippen molar-refractivity contribution in [2.45, 2.75) is 19.5 Å². The van der Waals surface area contributed by atoms with Crippen LogP contribution in [0.25, 0.3) is 0 Å². The fraction of sp³-hybridized carbons (Fsp3) is 0.261. The molecule has 0 aliphatic carbocycles. The minimum absolute atomic E-state index is 0.123. The molecule has 0 fully saturated rings. The van der Waals surface area contributed by atoms with Crippen molar-refractivity contribution in [1.82, 2.24) is 9.78 Å². The Labute approximate surface area is 173 Å². The maximum atomic E-state index is 12.7. The fourth-order valence-corrected chi connectivity index (χ4v) is 3.88. The average Bonchev–Trinajstić information content (AvgIpc) is 2.79. The topological polar surface area (TPSA) is 73.7 Å². The molecular formula is C23H21N3O4. The zero-order chi connectivity index (χ0) is 20.5. The molecule has 0 atom stereocenters. The third-order valence-corrected chi connectivity index (χ3v) is 5.51. The normalized spacial score (nSPS) is 14.9. The monoisotopic (exact) mass is 403 g/mol. The number of benzene rings is 2. The van der Waals surface area contributed by atoms with E-state index in [4.69, 9.17) is 9.47 Å². The van der Waals surface area contributed by atoms with Gasteiger partial charge in [-0.1, -0.05) is 24.3 Å². The van der Waals surface area contributed by atoms with Crippen molar-refractivity contribution >= 4 is 11.5 Å². The molecule has 0 saturated carbocycles. The zero-order valence-electron chi connectivity index (χ0n) is 16.4. The smallest absolute Gasteiger partial charge is 0.269 e. The lowest BCUT2D eigenvalue weighted by Gasteiger charge is -2.30. The van der Waals surface area contributed by atoms with E-state index < -0.39 is 0 Å². The number of nitrogens with zero attached hydrogens (tertiary/aromatic N) is 3. The first kappa shape index (κ1) is 18.4. The summed E-state index contributed by atoms with van der Waals surface area (Å²) in [6.45, 7) is 2.40. The lowest BCUT2D eigenvalue weighted by Crippen LogP contribution is -2.33. The molecule has 2 aliphatic rings. The molecule has 2 aliphatic heterocycles. The van der Waals surface area contributed by atoms with Gasteiger partial charge in [0.25, 0.3) is 5.56 Å². The van der Waals surface area contributed by atoms with Crippen molar-refractivity contribution in [2.75, 3.05) is 24.7 Å². The summed E-state index contributed by atoms with van der Waals surface area (Å²) in [5, 5.41) is 4.25. The fourth-order valence-electron chi connectivity index (χ4n) is 3.88. The van der Waals surface area contributed by atoms with Gasteiger partial charge in [-0.2, -0.15) is 5.10 Å². The number of carbonyl (C=O) groups excluding carboxylic acids is 1. The van der Waals surface area contributed by atoms with Crippen molar-refractivity contribution in [3.63, 3.8) is 0 Å². The summed E-state index contributed by atoms with van der Waals surface area (Å²) in [6.07, 6.45) is 2.59. The second kappa shape index (κ2) is 7.67. The molecule has 0 amide bonds. The number of aromatic nitrogens is 2. The molecule has 0 spiro atoms. The van der Waals surface area contributed by atoms with Crippen molar-refractivity contribution in [2.24, 2.45) is 0 Å². The second-order valence-corrected chi connectivity index (χ2v) is 7.43. The van der Waals surface area contributed by atoms with Crippen LogP contribution in [-0.2, 0) is 19.5 Å². The van der Waals surface area contributed by atoms with Crippen LogP contribution in [0.3, 0.4) is 0 Å². The lowest BCUT2D eigenvalue weighted by atomic mass is 10.00. The Morgan fingerprint density at radius 1 is 1.00 bits per heavy atom. The highest BCUT2D eigenvalue weighted by atomic mass is 16.6. The molecule has 152 valence electrons. The minimum atomic E-state index is -0.294. The van der Waals surface area contributed by atoms with Gasteiger partial charge in [-0.3, -0.25) is 9.59 Å². The first-order chi connectivity index (χ1) is 14.7. The van der Waals surface area contributed by atoms with Gasteiger partial charge >= 0.3 is 0 Å². The van der Waals surface area contributed by atoms with E-state index in [1.54, 1.807) is 30.5 Å². The van der Waals surface area contributed by atoms with Gasteiger partial charge in [0.05, 0.1) is 11.9 Å². The number of rotatable bonds is 4. The molecule has 5 rings (SSSR count). The highest BCUT2D eigenvalue weighted by Gasteiger charge is 2.19. The minimum Gasteiger partial charge on any atom is -0.486 e. The predicted octanol–water partition coefficient (Wildman–Crippen LogP) is 2.46. The molecule has 3 heterocycles. The van der Waals surface area contributed by atoms with Gasteiger partial charge < -0.3 is 14.4 Å². The van der Waals surface area contributed by atoms with Gasteiger partial charge in [0, 0.05) is 24.7 Å². The third-order valence-electron chi connectivity index (χ3n) is 5.51. The molecule has 30 heavy (non-hydrogen) atoms. The van der Waals surface area contributed by atoms with Gasteiger partial charge in [0.15, 0.2) is 17.3 Å². The highest BCUT2D eigenvalue weighted by molar-refractivity contribution is 5.96. The molecule has 2 aromatic carbocycles. The first-order valence-electron chi connectivity index (χ1n) is 9.99. The van der Waals surface area contributed by atoms with Crippen molar-refractivity contribution in [1.29, 1.82) is 0 Å². The summed E-state index contributed by atoms with van der Waals surface area (Å²) in [5.74, 6) is 0.968. The van der Waals surface area contributed by atoms with Gasteiger partial charge in [0.1, 0.15) is 19.8 Å². The number of fused-ring (bicyclic) bond motifs is 2. The Morgan fingerprint density at radius 3 is 2.63 bits per heavy atom. The number of anilines is 1. The number of carbonyl (C=O) groups is 1. The van der Waals surface area contributed by atoms with Crippen LogP contribution in [0.5, 0.6) is 11.5 Å². The second-order valence-electron chi connectivity index (χ2n) is 7.43. The number of ketones is 1. The van der Waals surface area contributed by atoms with Crippen LogP contribution < -0.4 is 19.9 Å². The maximum Gasteiger partial charge on any atom is 0.269 e. The standard InChI is InChI=1S/C23H21N3O4/c27-20(17-5-6-21-22(11-17)30-10-9-29-21)15-26-23(28)12-19(13-24-26)25-8-7-16-3-1-2-4-18(16)14-25/h1-6,11-13H,7-10,14-15H2. The third kappa shape index (κ3) is 3.54. The Bertz CT molecular complexity index is 1170.